The molecule has 0 atom stereocenters. The van der Waals surface area contributed by atoms with Crippen LogP contribution in [0.3, 0.4) is 0 Å². The molecule has 0 bridgehead atoms. The number of nitrogens with one attached hydrogen (secondary N) is 1. The van der Waals surface area contributed by atoms with Crippen LogP contribution in [0.2, 0.25) is 5.02 Å². The van der Waals surface area contributed by atoms with Gasteiger partial charge >= 0.3 is 11.9 Å². The molecule has 0 saturated carbocycles. The molecule has 7 nitrogen and oxygen atoms in total. The maximum absolute atomic E-state index is 12.7. The predicted octanol–water partition coefficient (Wildman–Crippen LogP) is 1.23. The Bertz CT molecular complexity index is 905. The minimum Gasteiger partial charge on any atom is -0.274 e. The first-order valence-corrected chi connectivity index (χ1v) is 8.35. The van der Waals surface area contributed by atoms with E-state index in [0.717, 1.165) is 7.05 Å². The molecular formula is C12H12ClF3N4O3S. The van der Waals surface area contributed by atoms with Crippen molar-refractivity contribution >= 4 is 21.6 Å². The Balaban J connectivity index is 2.11. The average Bonchev–Trinajstić information content (AvgIpc) is 2.75. The number of halogens is 4. The summed E-state index contributed by atoms with van der Waals surface area (Å²) in [7, 11) is -2.97. The van der Waals surface area contributed by atoms with Crippen molar-refractivity contribution in [3.8, 4) is 0 Å². The number of sulfonamides is 1. The Morgan fingerprint density at radius 2 is 2.00 bits per heavy atom. The molecule has 1 aromatic heterocycles. The van der Waals surface area contributed by atoms with E-state index in [0.29, 0.717) is 9.25 Å². The number of benzene rings is 1. The van der Waals surface area contributed by atoms with E-state index in [9.17, 15) is 26.4 Å². The van der Waals surface area contributed by atoms with Crippen molar-refractivity contribution < 1.29 is 21.6 Å². The van der Waals surface area contributed by atoms with E-state index in [2.05, 4.69) is 9.82 Å². The molecular weight excluding hydrogens is 373 g/mol. The van der Waals surface area contributed by atoms with E-state index in [4.69, 9.17) is 11.6 Å². The molecule has 132 valence electrons. The van der Waals surface area contributed by atoms with Gasteiger partial charge in [0.05, 0.1) is 11.4 Å². The van der Waals surface area contributed by atoms with Crippen molar-refractivity contribution in [1.29, 1.82) is 0 Å². The van der Waals surface area contributed by atoms with Gasteiger partial charge in [0.1, 0.15) is 0 Å². The Morgan fingerprint density at radius 3 is 2.54 bits per heavy atom. The number of aromatic nitrogens is 3. The fourth-order valence-electron chi connectivity index (χ4n) is 1.88. The van der Waals surface area contributed by atoms with Gasteiger partial charge in [-0.05, 0) is 18.2 Å². The zero-order valence-electron chi connectivity index (χ0n) is 12.2. The Hall–Kier alpha value is -1.85. The third-order valence-corrected chi connectivity index (χ3v) is 4.71. The monoisotopic (exact) mass is 384 g/mol. The summed E-state index contributed by atoms with van der Waals surface area (Å²) < 4.78 is 65.1. The van der Waals surface area contributed by atoms with Crippen molar-refractivity contribution in [2.24, 2.45) is 7.05 Å². The fourth-order valence-corrected chi connectivity index (χ4v) is 3.21. The summed E-state index contributed by atoms with van der Waals surface area (Å²) in [6.07, 6.45) is -4.78. The number of hydrogen-bond donors (Lipinski definition) is 1. The molecule has 0 fully saturated rings. The van der Waals surface area contributed by atoms with Gasteiger partial charge in [-0.3, -0.25) is 4.57 Å². The summed E-state index contributed by atoms with van der Waals surface area (Å²) in [4.78, 5) is 11.6. The highest BCUT2D eigenvalue weighted by atomic mass is 35.5. The summed E-state index contributed by atoms with van der Waals surface area (Å²) in [6.45, 7) is -0.675. The largest absolute Gasteiger partial charge is 0.451 e. The molecule has 0 aliphatic carbocycles. The van der Waals surface area contributed by atoms with Crippen LogP contribution in [0.4, 0.5) is 13.2 Å². The first kappa shape index (κ1) is 18.5. The number of nitrogens with zero attached hydrogens (tertiary/aromatic N) is 3. The Labute approximate surface area is 139 Å². The number of rotatable bonds is 5. The molecule has 0 amide bonds. The van der Waals surface area contributed by atoms with E-state index in [1.807, 2.05) is 0 Å². The highest BCUT2D eigenvalue weighted by Gasteiger charge is 2.37. The maximum atomic E-state index is 12.7. The zero-order valence-corrected chi connectivity index (χ0v) is 13.8. The lowest BCUT2D eigenvalue weighted by molar-refractivity contribution is -0.147. The van der Waals surface area contributed by atoms with Gasteiger partial charge in [-0.1, -0.05) is 17.7 Å². The van der Waals surface area contributed by atoms with Crippen molar-refractivity contribution in [2.45, 2.75) is 17.6 Å². The summed E-state index contributed by atoms with van der Waals surface area (Å²) in [5.41, 5.74) is -0.996. The van der Waals surface area contributed by atoms with Crippen LogP contribution in [0, 0.1) is 0 Å². The van der Waals surface area contributed by atoms with Crippen LogP contribution in [-0.4, -0.2) is 29.3 Å². The minimum absolute atomic E-state index is 0.0978. The molecule has 1 aromatic carbocycles. The molecule has 12 heteroatoms. The zero-order chi connectivity index (χ0) is 18.1. The lowest BCUT2D eigenvalue weighted by atomic mass is 10.4. The van der Waals surface area contributed by atoms with Gasteiger partial charge in [0.25, 0.3) is 0 Å². The van der Waals surface area contributed by atoms with Gasteiger partial charge in [-0.15, -0.1) is 5.10 Å². The van der Waals surface area contributed by atoms with Crippen LogP contribution in [0.5, 0.6) is 0 Å². The van der Waals surface area contributed by atoms with Crippen LogP contribution in [-0.2, 0) is 29.8 Å². The van der Waals surface area contributed by atoms with E-state index >= 15 is 0 Å². The lowest BCUT2D eigenvalue weighted by Crippen LogP contribution is -2.31. The van der Waals surface area contributed by atoms with Crippen LogP contribution < -0.4 is 10.4 Å². The molecule has 2 rings (SSSR count). The summed E-state index contributed by atoms with van der Waals surface area (Å²) >= 11 is 5.71. The minimum atomic E-state index is -4.78. The van der Waals surface area contributed by atoms with E-state index in [1.165, 1.54) is 24.3 Å². The molecule has 2 aromatic rings. The molecule has 0 unspecified atom stereocenters. The summed E-state index contributed by atoms with van der Waals surface area (Å²) in [5.74, 6) is -1.36. The second-order valence-corrected chi connectivity index (χ2v) is 6.94. The fraction of sp³-hybridized carbons (Fsp3) is 0.333. The Morgan fingerprint density at radius 1 is 1.33 bits per heavy atom. The van der Waals surface area contributed by atoms with E-state index < -0.39 is 27.7 Å². The highest BCUT2D eigenvalue weighted by molar-refractivity contribution is 7.89. The average molecular weight is 385 g/mol. The lowest BCUT2D eigenvalue weighted by Gasteiger charge is -2.06. The van der Waals surface area contributed by atoms with Crippen LogP contribution in [0.15, 0.2) is 34.0 Å². The molecule has 1 N–H and O–H groups in total. The first-order valence-electron chi connectivity index (χ1n) is 6.48. The smallest absolute Gasteiger partial charge is 0.274 e. The van der Waals surface area contributed by atoms with Crippen LogP contribution in [0.1, 0.15) is 5.82 Å². The molecule has 0 aliphatic heterocycles. The molecule has 0 aliphatic rings. The Kier molecular flexibility index (Phi) is 5.06. The summed E-state index contributed by atoms with van der Waals surface area (Å²) in [6, 6.07) is 5.46. The summed E-state index contributed by atoms with van der Waals surface area (Å²) in [5, 5.41) is 3.39. The molecule has 1 heterocycles. The quantitative estimate of drug-likeness (QED) is 0.840. The second kappa shape index (κ2) is 6.57. The molecule has 0 saturated heterocycles. The molecule has 24 heavy (non-hydrogen) atoms. The van der Waals surface area contributed by atoms with Crippen molar-refractivity contribution in [3.63, 3.8) is 0 Å². The van der Waals surface area contributed by atoms with Crippen molar-refractivity contribution in [3.05, 3.63) is 45.6 Å². The number of alkyl halides is 3. The maximum Gasteiger partial charge on any atom is 0.451 e. The SMILES string of the molecule is Cn1c(C(F)(F)F)nn(CCNS(=O)(=O)c2cccc(Cl)c2)c1=O. The first-order chi connectivity index (χ1) is 11.0. The van der Waals surface area contributed by atoms with Gasteiger partial charge < -0.3 is 0 Å². The third kappa shape index (κ3) is 3.97. The normalized spacial score (nSPS) is 12.5. The van der Waals surface area contributed by atoms with Crippen molar-refractivity contribution in [1.82, 2.24) is 19.1 Å². The van der Waals surface area contributed by atoms with Gasteiger partial charge in [-0.25, -0.2) is 22.6 Å². The van der Waals surface area contributed by atoms with Gasteiger partial charge in [0.2, 0.25) is 15.8 Å². The van der Waals surface area contributed by atoms with Crippen LogP contribution >= 0.6 is 11.6 Å². The predicted molar refractivity (Wildman–Crippen MR) is 79.1 cm³/mol. The van der Waals surface area contributed by atoms with Gasteiger partial charge in [0, 0.05) is 18.6 Å². The van der Waals surface area contributed by atoms with Crippen molar-refractivity contribution in [2.75, 3.05) is 6.54 Å². The van der Waals surface area contributed by atoms with Gasteiger partial charge in [-0.2, -0.15) is 13.2 Å². The van der Waals surface area contributed by atoms with Gasteiger partial charge in [0.15, 0.2) is 0 Å². The number of hydrogen-bond acceptors (Lipinski definition) is 4. The highest BCUT2D eigenvalue weighted by Crippen LogP contribution is 2.25. The topological polar surface area (TPSA) is 86.0 Å². The molecule has 0 spiro atoms. The van der Waals surface area contributed by atoms with Crippen LogP contribution in [0.25, 0.3) is 0 Å². The van der Waals surface area contributed by atoms with E-state index in [-0.39, 0.29) is 23.0 Å². The molecule has 0 radical (unpaired) electrons. The van der Waals surface area contributed by atoms with E-state index in [1.54, 1.807) is 0 Å². The second-order valence-electron chi connectivity index (χ2n) is 4.74. The standard InChI is InChI=1S/C12H12ClF3N4O3S/c1-19-10(12(14,15)16)18-20(11(19)21)6-5-17-24(22,23)9-4-2-3-8(13)7-9/h2-4,7,17H,5-6H2,1H3. The third-order valence-electron chi connectivity index (χ3n) is 3.02.